The van der Waals surface area contributed by atoms with Gasteiger partial charge in [0.05, 0.1) is 5.02 Å². The van der Waals surface area contributed by atoms with Crippen molar-refractivity contribution in [3.8, 4) is 11.4 Å². The molecule has 3 rings (SSSR count). The number of hydrogen-bond acceptors (Lipinski definition) is 4. The Morgan fingerprint density at radius 3 is 2.71 bits per heavy atom. The highest BCUT2D eigenvalue weighted by atomic mass is 35.5. The molecule has 2 aromatic carbocycles. The number of aryl methyl sites for hydroxylation is 1. The molecule has 1 N–H and O–H groups in total. The van der Waals surface area contributed by atoms with Crippen LogP contribution in [0.15, 0.2) is 42.5 Å². The molecule has 0 saturated carbocycles. The van der Waals surface area contributed by atoms with Crippen molar-refractivity contribution < 1.29 is 4.79 Å². The number of rotatable bonds is 4. The maximum Gasteiger partial charge on any atom is 0.248 e. The Balaban J connectivity index is 1.69. The van der Waals surface area contributed by atoms with Crippen molar-refractivity contribution in [1.29, 1.82) is 0 Å². The van der Waals surface area contributed by atoms with E-state index < -0.39 is 0 Å². The molecule has 0 atom stereocenters. The largest absolute Gasteiger partial charge is 0.324 e. The Bertz CT molecular complexity index is 894. The van der Waals surface area contributed by atoms with Gasteiger partial charge in [0.2, 0.25) is 11.7 Å². The molecular weight excluding hydrogens is 349 g/mol. The van der Waals surface area contributed by atoms with Gasteiger partial charge in [0.25, 0.3) is 0 Å². The van der Waals surface area contributed by atoms with Crippen LogP contribution < -0.4 is 5.32 Å². The number of tetrazole rings is 1. The first-order valence-electron chi connectivity index (χ1n) is 7.11. The zero-order valence-electron chi connectivity index (χ0n) is 12.7. The first-order valence-corrected chi connectivity index (χ1v) is 7.87. The summed E-state index contributed by atoms with van der Waals surface area (Å²) in [5, 5.41) is 15.8. The van der Waals surface area contributed by atoms with Crippen LogP contribution in [0.5, 0.6) is 0 Å². The van der Waals surface area contributed by atoms with Crippen LogP contribution in [0.3, 0.4) is 0 Å². The topological polar surface area (TPSA) is 72.7 Å². The maximum absolute atomic E-state index is 12.1. The highest BCUT2D eigenvalue weighted by molar-refractivity contribution is 6.33. The second-order valence-corrected chi connectivity index (χ2v) is 5.95. The third-order valence-corrected chi connectivity index (χ3v) is 4.05. The van der Waals surface area contributed by atoms with E-state index in [0.29, 0.717) is 27.1 Å². The molecule has 1 amide bonds. The molecule has 0 fully saturated rings. The summed E-state index contributed by atoms with van der Waals surface area (Å²) in [7, 11) is 0. The first-order chi connectivity index (χ1) is 11.5. The molecule has 0 aliphatic heterocycles. The summed E-state index contributed by atoms with van der Waals surface area (Å²) in [6.07, 6.45) is 0. The van der Waals surface area contributed by atoms with E-state index in [4.69, 9.17) is 23.2 Å². The summed E-state index contributed by atoms with van der Waals surface area (Å²) >= 11 is 12.1. The van der Waals surface area contributed by atoms with Crippen molar-refractivity contribution in [1.82, 2.24) is 20.2 Å². The molecular formula is C16H13Cl2N5O. The van der Waals surface area contributed by atoms with Crippen molar-refractivity contribution in [3.05, 3.63) is 58.1 Å². The van der Waals surface area contributed by atoms with E-state index in [1.807, 2.05) is 25.1 Å². The summed E-state index contributed by atoms with van der Waals surface area (Å²) in [5.74, 6) is 0.0878. The van der Waals surface area contributed by atoms with E-state index in [1.165, 1.54) is 4.80 Å². The number of hydrogen-bond donors (Lipinski definition) is 1. The fraction of sp³-hybridized carbons (Fsp3) is 0.125. The average Bonchev–Trinajstić information content (AvgIpc) is 2.99. The molecule has 0 radical (unpaired) electrons. The third-order valence-electron chi connectivity index (χ3n) is 3.31. The van der Waals surface area contributed by atoms with Gasteiger partial charge < -0.3 is 5.32 Å². The number of benzene rings is 2. The van der Waals surface area contributed by atoms with Crippen LogP contribution in [0.2, 0.25) is 10.0 Å². The van der Waals surface area contributed by atoms with Crippen LogP contribution >= 0.6 is 23.2 Å². The monoisotopic (exact) mass is 361 g/mol. The van der Waals surface area contributed by atoms with Gasteiger partial charge in [-0.1, -0.05) is 41.4 Å². The van der Waals surface area contributed by atoms with Crippen LogP contribution in [-0.2, 0) is 11.3 Å². The molecule has 122 valence electrons. The van der Waals surface area contributed by atoms with Gasteiger partial charge in [-0.15, -0.1) is 10.2 Å². The summed E-state index contributed by atoms with van der Waals surface area (Å²) in [6.45, 7) is 1.83. The lowest BCUT2D eigenvalue weighted by molar-refractivity contribution is -0.117. The van der Waals surface area contributed by atoms with E-state index in [1.54, 1.807) is 24.3 Å². The SMILES string of the molecule is Cc1ccc(NC(=O)Cn2nnc(-c3ccccc3Cl)n2)cc1Cl. The standard InChI is InChI=1S/C16H13Cl2N5O/c1-10-6-7-11(8-14(10)18)19-15(24)9-23-21-16(20-22-23)12-4-2-3-5-13(12)17/h2-8H,9H2,1H3,(H,19,24). The van der Waals surface area contributed by atoms with Crippen LogP contribution in [0.1, 0.15) is 5.56 Å². The minimum absolute atomic E-state index is 0.0665. The molecule has 1 aromatic heterocycles. The van der Waals surface area contributed by atoms with Crippen molar-refractivity contribution in [3.63, 3.8) is 0 Å². The summed E-state index contributed by atoms with van der Waals surface area (Å²) in [5.41, 5.74) is 2.22. The van der Waals surface area contributed by atoms with E-state index >= 15 is 0 Å². The van der Waals surface area contributed by atoms with E-state index in [0.717, 1.165) is 5.56 Å². The van der Waals surface area contributed by atoms with Crippen molar-refractivity contribution in [2.24, 2.45) is 0 Å². The number of halogens is 2. The molecule has 1 heterocycles. The molecule has 0 spiro atoms. The molecule has 0 unspecified atom stereocenters. The van der Waals surface area contributed by atoms with Crippen LogP contribution in [0, 0.1) is 6.92 Å². The number of anilines is 1. The van der Waals surface area contributed by atoms with Gasteiger partial charge >= 0.3 is 0 Å². The van der Waals surface area contributed by atoms with Gasteiger partial charge in [0, 0.05) is 16.3 Å². The Kier molecular flexibility index (Phi) is 4.78. The number of aromatic nitrogens is 4. The molecule has 24 heavy (non-hydrogen) atoms. The zero-order valence-corrected chi connectivity index (χ0v) is 14.2. The summed E-state index contributed by atoms with van der Waals surface area (Å²) in [6, 6.07) is 12.5. The normalized spacial score (nSPS) is 10.6. The second kappa shape index (κ2) is 6.98. The van der Waals surface area contributed by atoms with Crippen LogP contribution in [0.4, 0.5) is 5.69 Å². The fourth-order valence-corrected chi connectivity index (χ4v) is 2.46. The average molecular weight is 362 g/mol. The number of nitrogens with one attached hydrogen (secondary N) is 1. The predicted molar refractivity (Wildman–Crippen MR) is 93.1 cm³/mol. The van der Waals surface area contributed by atoms with Gasteiger partial charge in [-0.2, -0.15) is 4.80 Å². The Morgan fingerprint density at radius 1 is 1.17 bits per heavy atom. The number of carbonyl (C=O) groups is 1. The molecule has 0 aliphatic carbocycles. The van der Waals surface area contributed by atoms with Gasteiger partial charge in [0.15, 0.2) is 0 Å². The smallest absolute Gasteiger partial charge is 0.248 e. The molecule has 0 bridgehead atoms. The second-order valence-electron chi connectivity index (χ2n) is 5.14. The summed E-state index contributed by atoms with van der Waals surface area (Å²) < 4.78 is 0. The Morgan fingerprint density at radius 2 is 1.96 bits per heavy atom. The van der Waals surface area contributed by atoms with Crippen LogP contribution in [0.25, 0.3) is 11.4 Å². The van der Waals surface area contributed by atoms with Gasteiger partial charge in [-0.05, 0) is 42.0 Å². The summed E-state index contributed by atoms with van der Waals surface area (Å²) in [4.78, 5) is 13.3. The maximum atomic E-state index is 12.1. The van der Waals surface area contributed by atoms with Crippen molar-refractivity contribution >= 4 is 34.8 Å². The van der Waals surface area contributed by atoms with E-state index in [-0.39, 0.29) is 12.5 Å². The molecule has 3 aromatic rings. The minimum Gasteiger partial charge on any atom is -0.324 e. The molecule has 8 heteroatoms. The van der Waals surface area contributed by atoms with E-state index in [9.17, 15) is 4.79 Å². The highest BCUT2D eigenvalue weighted by Crippen LogP contribution is 2.23. The van der Waals surface area contributed by atoms with Crippen molar-refractivity contribution in [2.45, 2.75) is 13.5 Å². The highest BCUT2D eigenvalue weighted by Gasteiger charge is 2.12. The van der Waals surface area contributed by atoms with E-state index in [2.05, 4.69) is 20.7 Å². The number of nitrogens with zero attached hydrogens (tertiary/aromatic N) is 4. The molecule has 0 aliphatic rings. The van der Waals surface area contributed by atoms with Gasteiger partial charge in [-0.3, -0.25) is 4.79 Å². The number of amides is 1. The molecule has 0 saturated heterocycles. The zero-order chi connectivity index (χ0) is 17.1. The Labute approximate surface area is 148 Å². The quantitative estimate of drug-likeness (QED) is 0.770. The predicted octanol–water partition coefficient (Wildman–Crippen LogP) is 3.59. The molecule has 6 nitrogen and oxygen atoms in total. The first kappa shape index (κ1) is 16.4. The van der Waals surface area contributed by atoms with Crippen molar-refractivity contribution in [2.75, 3.05) is 5.32 Å². The van der Waals surface area contributed by atoms with Gasteiger partial charge in [0.1, 0.15) is 6.54 Å². The van der Waals surface area contributed by atoms with Crippen LogP contribution in [-0.4, -0.2) is 26.1 Å². The lowest BCUT2D eigenvalue weighted by atomic mass is 10.2. The third kappa shape index (κ3) is 3.72. The lowest BCUT2D eigenvalue weighted by Crippen LogP contribution is -2.20. The lowest BCUT2D eigenvalue weighted by Gasteiger charge is -2.06. The fourth-order valence-electron chi connectivity index (χ4n) is 2.06. The van der Waals surface area contributed by atoms with Gasteiger partial charge in [-0.25, -0.2) is 0 Å². The Hall–Kier alpha value is -2.44. The number of carbonyl (C=O) groups excluding carboxylic acids is 1. The minimum atomic E-state index is -0.280.